The first-order valence-corrected chi connectivity index (χ1v) is 10.6. The molecule has 1 aliphatic rings. The van der Waals surface area contributed by atoms with Crippen molar-refractivity contribution in [2.75, 3.05) is 37.6 Å². The molecule has 1 amide bonds. The number of phenolic OH excluding ortho intramolecular Hbond substituents is 1. The number of nitrogens with one attached hydrogen (secondary N) is 1. The van der Waals surface area contributed by atoms with Gasteiger partial charge in [-0.05, 0) is 54.1 Å². The van der Waals surface area contributed by atoms with Gasteiger partial charge in [0.25, 0.3) is 0 Å². The van der Waals surface area contributed by atoms with Gasteiger partial charge in [-0.1, -0.05) is 11.6 Å². The number of piperazine rings is 1. The fourth-order valence-corrected chi connectivity index (χ4v) is 3.82. The molecule has 1 saturated heterocycles. The van der Waals surface area contributed by atoms with Crippen LogP contribution in [-0.2, 0) is 4.79 Å². The third-order valence-electron chi connectivity index (χ3n) is 5.35. The Morgan fingerprint density at radius 2 is 1.90 bits per heavy atom. The van der Waals surface area contributed by atoms with Gasteiger partial charge < -0.3 is 10.0 Å². The summed E-state index contributed by atoms with van der Waals surface area (Å²) < 4.78 is 0. The molecule has 1 fully saturated rings. The van der Waals surface area contributed by atoms with E-state index in [4.69, 9.17) is 11.6 Å². The maximum absolute atomic E-state index is 12.1. The molecule has 7 nitrogen and oxygen atoms in total. The largest absolute Gasteiger partial charge is 0.508 e. The monoisotopic (exact) mass is 437 g/mol. The van der Waals surface area contributed by atoms with Crippen molar-refractivity contribution in [3.63, 3.8) is 0 Å². The summed E-state index contributed by atoms with van der Waals surface area (Å²) in [5.74, 6) is 0.0808. The van der Waals surface area contributed by atoms with Crippen molar-refractivity contribution >= 4 is 40.3 Å². The maximum atomic E-state index is 12.1. The van der Waals surface area contributed by atoms with Gasteiger partial charge in [-0.25, -0.2) is 5.43 Å². The molecule has 1 aliphatic heterocycles. The van der Waals surface area contributed by atoms with Crippen LogP contribution in [0.3, 0.4) is 0 Å². The SMILES string of the molecule is O=C(CCN1CCN(c2ccnc3cc(Cl)ccc23)CC1)N/N=C/c1ccc(O)cc1. The second-order valence-electron chi connectivity index (χ2n) is 7.45. The van der Waals surface area contributed by atoms with Gasteiger partial charge in [-0.3, -0.25) is 14.7 Å². The van der Waals surface area contributed by atoms with Gasteiger partial charge in [0.05, 0.1) is 11.7 Å². The van der Waals surface area contributed by atoms with Gasteiger partial charge in [0.2, 0.25) is 5.91 Å². The van der Waals surface area contributed by atoms with E-state index < -0.39 is 0 Å². The van der Waals surface area contributed by atoms with Crippen LogP contribution in [0.1, 0.15) is 12.0 Å². The van der Waals surface area contributed by atoms with E-state index in [9.17, 15) is 9.90 Å². The molecular formula is C23H24ClN5O2. The van der Waals surface area contributed by atoms with Gasteiger partial charge in [-0.2, -0.15) is 5.10 Å². The molecule has 0 spiro atoms. The third kappa shape index (κ3) is 5.51. The van der Waals surface area contributed by atoms with Gasteiger partial charge in [0, 0.05) is 61.4 Å². The summed E-state index contributed by atoms with van der Waals surface area (Å²) in [6.45, 7) is 4.26. The van der Waals surface area contributed by atoms with Crippen LogP contribution in [-0.4, -0.2) is 59.8 Å². The van der Waals surface area contributed by atoms with Crippen molar-refractivity contribution in [3.8, 4) is 5.75 Å². The normalized spacial score (nSPS) is 14.9. The van der Waals surface area contributed by atoms with Crippen LogP contribution in [0, 0.1) is 0 Å². The molecule has 160 valence electrons. The van der Waals surface area contributed by atoms with Crippen LogP contribution < -0.4 is 10.3 Å². The summed E-state index contributed by atoms with van der Waals surface area (Å²) in [6.07, 6.45) is 3.77. The Kier molecular flexibility index (Phi) is 6.64. The van der Waals surface area contributed by atoms with Crippen molar-refractivity contribution in [2.45, 2.75) is 6.42 Å². The maximum Gasteiger partial charge on any atom is 0.241 e. The predicted octanol–water partition coefficient (Wildman–Crippen LogP) is 3.26. The molecule has 0 saturated carbocycles. The van der Waals surface area contributed by atoms with Crippen LogP contribution in [0.2, 0.25) is 5.02 Å². The lowest BCUT2D eigenvalue weighted by Crippen LogP contribution is -2.47. The molecule has 0 aliphatic carbocycles. The number of carbonyl (C=O) groups is 1. The molecule has 2 N–H and O–H groups in total. The summed E-state index contributed by atoms with van der Waals surface area (Å²) >= 11 is 6.09. The first-order valence-electron chi connectivity index (χ1n) is 10.2. The number of aromatic nitrogens is 1. The van der Waals surface area contributed by atoms with Gasteiger partial charge in [0.15, 0.2) is 0 Å². The summed E-state index contributed by atoms with van der Waals surface area (Å²) in [7, 11) is 0. The summed E-state index contributed by atoms with van der Waals surface area (Å²) in [6, 6.07) is 14.5. The highest BCUT2D eigenvalue weighted by atomic mass is 35.5. The van der Waals surface area contributed by atoms with E-state index in [0.717, 1.165) is 42.6 Å². The van der Waals surface area contributed by atoms with Crippen LogP contribution in [0.5, 0.6) is 5.75 Å². The fourth-order valence-electron chi connectivity index (χ4n) is 3.65. The fraction of sp³-hybridized carbons (Fsp3) is 0.261. The second kappa shape index (κ2) is 9.76. The quantitative estimate of drug-likeness (QED) is 0.457. The zero-order chi connectivity index (χ0) is 21.6. The first-order chi connectivity index (χ1) is 15.1. The Morgan fingerprint density at radius 3 is 2.68 bits per heavy atom. The van der Waals surface area contributed by atoms with Crippen molar-refractivity contribution in [1.82, 2.24) is 15.3 Å². The zero-order valence-electron chi connectivity index (χ0n) is 17.0. The van der Waals surface area contributed by atoms with Crippen molar-refractivity contribution in [1.29, 1.82) is 0 Å². The second-order valence-corrected chi connectivity index (χ2v) is 7.89. The number of hydrogen-bond acceptors (Lipinski definition) is 6. The van der Waals surface area contributed by atoms with Gasteiger partial charge in [-0.15, -0.1) is 0 Å². The summed E-state index contributed by atoms with van der Waals surface area (Å²) in [5.41, 5.74) is 5.43. The number of rotatable bonds is 6. The Bertz CT molecular complexity index is 1080. The standard InChI is InChI=1S/C23H24ClN5O2/c24-18-3-6-20-21(15-18)25-9-7-22(20)29-13-11-28(12-14-29)10-8-23(31)27-26-16-17-1-4-19(30)5-2-17/h1-7,9,15-16,30H,8,10-14H2,(H,27,31)/b26-16+. The van der Waals surface area contributed by atoms with Crippen LogP contribution in [0.25, 0.3) is 10.9 Å². The molecule has 0 atom stereocenters. The van der Waals surface area contributed by atoms with Crippen molar-refractivity contribution in [2.24, 2.45) is 5.10 Å². The van der Waals surface area contributed by atoms with Crippen LogP contribution in [0.15, 0.2) is 59.8 Å². The molecule has 2 aromatic carbocycles. The predicted molar refractivity (Wildman–Crippen MR) is 124 cm³/mol. The molecule has 4 rings (SSSR count). The highest BCUT2D eigenvalue weighted by Gasteiger charge is 2.19. The molecule has 8 heteroatoms. The molecule has 2 heterocycles. The number of aromatic hydroxyl groups is 1. The highest BCUT2D eigenvalue weighted by Crippen LogP contribution is 2.28. The molecule has 0 radical (unpaired) electrons. The minimum atomic E-state index is -0.116. The average Bonchev–Trinajstić information content (AvgIpc) is 2.79. The lowest BCUT2D eigenvalue weighted by atomic mass is 10.1. The Labute approximate surface area is 185 Å². The molecule has 0 bridgehead atoms. The van der Waals surface area contributed by atoms with E-state index in [1.807, 2.05) is 30.5 Å². The van der Waals surface area contributed by atoms with Gasteiger partial charge in [0.1, 0.15) is 5.75 Å². The van der Waals surface area contributed by atoms with Crippen LogP contribution >= 0.6 is 11.6 Å². The minimum absolute atomic E-state index is 0.116. The van der Waals surface area contributed by atoms with E-state index in [1.165, 1.54) is 5.69 Å². The smallest absolute Gasteiger partial charge is 0.241 e. The van der Waals surface area contributed by atoms with E-state index in [1.54, 1.807) is 30.5 Å². The number of amides is 1. The molecule has 31 heavy (non-hydrogen) atoms. The summed E-state index contributed by atoms with van der Waals surface area (Å²) in [4.78, 5) is 21.1. The molecule has 3 aromatic rings. The third-order valence-corrected chi connectivity index (χ3v) is 5.58. The number of halogens is 1. The number of anilines is 1. The number of hydrazone groups is 1. The van der Waals surface area contributed by atoms with E-state index in [0.29, 0.717) is 18.0 Å². The molecular weight excluding hydrogens is 414 g/mol. The Hall–Kier alpha value is -3.16. The minimum Gasteiger partial charge on any atom is -0.508 e. The van der Waals surface area contributed by atoms with Crippen molar-refractivity contribution in [3.05, 3.63) is 65.3 Å². The van der Waals surface area contributed by atoms with E-state index in [-0.39, 0.29) is 11.7 Å². The number of hydrogen-bond donors (Lipinski definition) is 2. The van der Waals surface area contributed by atoms with Gasteiger partial charge >= 0.3 is 0 Å². The van der Waals surface area contributed by atoms with Crippen molar-refractivity contribution < 1.29 is 9.90 Å². The topological polar surface area (TPSA) is 81.1 Å². The zero-order valence-corrected chi connectivity index (χ0v) is 17.8. The number of carbonyl (C=O) groups excluding carboxylic acids is 1. The highest BCUT2D eigenvalue weighted by molar-refractivity contribution is 6.31. The first kappa shape index (κ1) is 21.1. The summed E-state index contributed by atoms with van der Waals surface area (Å²) in [5, 5.41) is 15.0. The Balaban J connectivity index is 1.24. The number of pyridine rings is 1. The lowest BCUT2D eigenvalue weighted by molar-refractivity contribution is -0.121. The average molecular weight is 438 g/mol. The van der Waals surface area contributed by atoms with Crippen LogP contribution in [0.4, 0.5) is 5.69 Å². The number of nitrogens with zero attached hydrogens (tertiary/aromatic N) is 4. The lowest BCUT2D eigenvalue weighted by Gasteiger charge is -2.36. The number of benzene rings is 2. The number of phenols is 1. The number of fused-ring (bicyclic) bond motifs is 1. The molecule has 0 unspecified atom stereocenters. The van der Waals surface area contributed by atoms with E-state index in [2.05, 4.69) is 25.3 Å². The Morgan fingerprint density at radius 1 is 1.13 bits per heavy atom. The van der Waals surface area contributed by atoms with E-state index >= 15 is 0 Å². The molecule has 1 aromatic heterocycles.